The lowest BCUT2D eigenvalue weighted by Gasteiger charge is -2.58. The third kappa shape index (κ3) is 5.14. The van der Waals surface area contributed by atoms with Crippen molar-refractivity contribution in [3.8, 4) is 0 Å². The van der Waals surface area contributed by atoms with Crippen LogP contribution in [0.5, 0.6) is 0 Å². The zero-order valence-corrected chi connectivity index (χ0v) is 24.6. The fraction of sp³-hybridized carbons (Fsp3) is 0.938. The fourth-order valence-electron chi connectivity index (χ4n) is 9.98. The zero-order valence-electron chi connectivity index (χ0n) is 24.6. The van der Waals surface area contributed by atoms with Gasteiger partial charge in [-0.1, -0.05) is 65.5 Å². The summed E-state index contributed by atoms with van der Waals surface area (Å²) in [5.74, 6) is 5.38. The second kappa shape index (κ2) is 10.7. The van der Waals surface area contributed by atoms with Gasteiger partial charge in [0.2, 0.25) is 0 Å². The first-order valence-electron chi connectivity index (χ1n) is 15.8. The summed E-state index contributed by atoms with van der Waals surface area (Å²) in [4.78, 5) is 0. The van der Waals surface area contributed by atoms with Gasteiger partial charge in [0.15, 0.2) is 0 Å². The first-order valence-corrected chi connectivity index (χ1v) is 15.8. The van der Waals surface area contributed by atoms with Crippen LogP contribution in [0.4, 0.5) is 0 Å². The van der Waals surface area contributed by atoms with Crippen LogP contribution in [-0.2, 0) is 14.0 Å². The van der Waals surface area contributed by atoms with Crippen molar-refractivity contribution in [3.63, 3.8) is 0 Å². The molecule has 204 valence electrons. The summed E-state index contributed by atoms with van der Waals surface area (Å²) in [6.07, 6.45) is 19.2. The molecule has 10 atom stereocenters. The Hall–Kier alpha value is -0.315. The van der Waals surface area contributed by atoms with Crippen molar-refractivity contribution in [1.29, 1.82) is 0 Å². The third-order valence-electron chi connectivity index (χ3n) is 11.9. The Morgan fingerprint density at radius 3 is 2.44 bits per heavy atom. The van der Waals surface area contributed by atoms with E-state index < -0.39 is 7.32 Å². The van der Waals surface area contributed by atoms with E-state index in [2.05, 4.69) is 54.5 Å². The average Bonchev–Trinajstić information content (AvgIpc) is 3.15. The van der Waals surface area contributed by atoms with E-state index in [1.54, 1.807) is 5.57 Å². The van der Waals surface area contributed by atoms with Crippen LogP contribution in [0.25, 0.3) is 0 Å². The number of allylic oxidation sites excluding steroid dienone is 1. The maximum absolute atomic E-state index is 6.39. The van der Waals surface area contributed by atoms with Gasteiger partial charge in [-0.25, -0.2) is 0 Å². The highest BCUT2D eigenvalue weighted by Gasteiger charge is 2.59. The van der Waals surface area contributed by atoms with Crippen LogP contribution in [0.15, 0.2) is 11.6 Å². The summed E-state index contributed by atoms with van der Waals surface area (Å²) in [6, 6.07) is 0. The fourth-order valence-corrected chi connectivity index (χ4v) is 9.98. The highest BCUT2D eigenvalue weighted by Crippen LogP contribution is 2.67. The molecule has 0 N–H and O–H groups in total. The molecular formula is C32H55BO3. The van der Waals surface area contributed by atoms with Crippen molar-refractivity contribution in [2.45, 2.75) is 144 Å². The Bertz CT molecular complexity index is 786. The Morgan fingerprint density at radius 1 is 0.972 bits per heavy atom. The molecule has 5 rings (SSSR count). The highest BCUT2D eigenvalue weighted by atomic mass is 16.7. The summed E-state index contributed by atoms with van der Waals surface area (Å²) < 4.78 is 18.3. The van der Waals surface area contributed by atoms with E-state index >= 15 is 0 Å². The van der Waals surface area contributed by atoms with Gasteiger partial charge >= 0.3 is 7.32 Å². The molecule has 4 aliphatic carbocycles. The lowest BCUT2D eigenvalue weighted by molar-refractivity contribution is -0.0677. The third-order valence-corrected chi connectivity index (χ3v) is 11.9. The van der Waals surface area contributed by atoms with E-state index in [-0.39, 0.29) is 18.3 Å². The minimum atomic E-state index is -0.483. The van der Waals surface area contributed by atoms with E-state index in [0.717, 1.165) is 54.8 Å². The zero-order chi connectivity index (χ0) is 25.7. The molecule has 0 spiro atoms. The molecule has 4 heteroatoms. The summed E-state index contributed by atoms with van der Waals surface area (Å²) in [7, 11) is -0.483. The van der Waals surface area contributed by atoms with E-state index in [1.807, 2.05) is 0 Å². The van der Waals surface area contributed by atoms with Crippen LogP contribution in [0.1, 0.15) is 126 Å². The molecule has 1 heterocycles. The summed E-state index contributed by atoms with van der Waals surface area (Å²) in [5, 5.41) is 0. The monoisotopic (exact) mass is 498 g/mol. The molecule has 0 bridgehead atoms. The first kappa shape index (κ1) is 27.3. The molecule has 36 heavy (non-hydrogen) atoms. The molecule has 3 nitrogen and oxygen atoms in total. The number of rotatable bonds is 7. The number of hydrogen-bond acceptors (Lipinski definition) is 3. The minimum Gasteiger partial charge on any atom is -0.383 e. The van der Waals surface area contributed by atoms with Gasteiger partial charge in [0.1, 0.15) is 0 Å². The Labute approximate surface area is 223 Å². The second-order valence-corrected chi connectivity index (χ2v) is 14.7. The van der Waals surface area contributed by atoms with Crippen molar-refractivity contribution in [1.82, 2.24) is 0 Å². The van der Waals surface area contributed by atoms with Crippen LogP contribution in [0.3, 0.4) is 0 Å². The summed E-state index contributed by atoms with van der Waals surface area (Å²) in [5.41, 5.74) is 2.64. The van der Waals surface area contributed by atoms with Crippen LogP contribution in [0.2, 0.25) is 0 Å². The molecule has 1 saturated heterocycles. The predicted octanol–water partition coefficient (Wildman–Crippen LogP) is 8.61. The largest absolute Gasteiger partial charge is 0.640 e. The van der Waals surface area contributed by atoms with E-state index in [0.29, 0.717) is 10.8 Å². The maximum atomic E-state index is 6.39. The SMILES string of the molecule is CC(C)CCC[C@@H](C)[C@H]1CC[C@H]2[C@@H]3CC=C4C[C@@H](OB5OC(C)CC(C)O5)CC[C@]4(C)[C@H]3CC[C@]12C. The van der Waals surface area contributed by atoms with E-state index in [1.165, 1.54) is 57.8 Å². The van der Waals surface area contributed by atoms with Crippen LogP contribution < -0.4 is 0 Å². The lowest BCUT2D eigenvalue weighted by atomic mass is 9.47. The quantitative estimate of drug-likeness (QED) is 0.260. The van der Waals surface area contributed by atoms with Gasteiger partial charge in [-0.2, -0.15) is 0 Å². The van der Waals surface area contributed by atoms with Crippen LogP contribution in [0, 0.1) is 46.3 Å². The summed E-state index contributed by atoms with van der Waals surface area (Å²) in [6.45, 7) is 16.9. The predicted molar refractivity (Wildman–Crippen MR) is 149 cm³/mol. The number of hydrogen-bond donors (Lipinski definition) is 0. The summed E-state index contributed by atoms with van der Waals surface area (Å²) >= 11 is 0. The normalized spacial score (nSPS) is 45.6. The Balaban J connectivity index is 1.23. The van der Waals surface area contributed by atoms with Gasteiger partial charge in [-0.3, -0.25) is 0 Å². The van der Waals surface area contributed by atoms with Crippen molar-refractivity contribution < 1.29 is 14.0 Å². The van der Waals surface area contributed by atoms with Gasteiger partial charge in [0.05, 0.1) is 0 Å². The molecule has 0 radical (unpaired) electrons. The van der Waals surface area contributed by atoms with Crippen LogP contribution >= 0.6 is 0 Å². The Kier molecular flexibility index (Phi) is 8.09. The number of fused-ring (bicyclic) bond motifs is 5. The van der Waals surface area contributed by atoms with Crippen LogP contribution in [-0.4, -0.2) is 25.6 Å². The molecule has 5 aliphatic rings. The molecule has 0 amide bonds. The molecule has 3 saturated carbocycles. The molecular weight excluding hydrogens is 443 g/mol. The minimum absolute atomic E-state index is 0.215. The van der Waals surface area contributed by atoms with Gasteiger partial charge < -0.3 is 14.0 Å². The average molecular weight is 499 g/mol. The highest BCUT2D eigenvalue weighted by molar-refractivity contribution is 6.36. The van der Waals surface area contributed by atoms with Crippen molar-refractivity contribution in [2.24, 2.45) is 46.3 Å². The molecule has 0 aromatic heterocycles. The van der Waals surface area contributed by atoms with Crippen molar-refractivity contribution in [3.05, 3.63) is 11.6 Å². The molecule has 4 fully saturated rings. The van der Waals surface area contributed by atoms with E-state index in [9.17, 15) is 0 Å². The standard InChI is InChI=1S/C32H55BO3/c1-21(2)9-8-10-22(3)28-13-14-29-27-12-11-25-20-26(36-33-34-23(4)19-24(5)35-33)15-17-31(25,6)30(27)16-18-32(28,29)7/h11,21-24,26-30H,8-10,12-20H2,1-7H3/t22-,23?,24?,26+,27+,28-,29+,30+,31+,32-/m1/s1. The first-order chi connectivity index (χ1) is 17.1. The maximum Gasteiger partial charge on any atom is 0.640 e. The molecule has 1 aliphatic heterocycles. The van der Waals surface area contributed by atoms with Gasteiger partial charge in [0.25, 0.3) is 0 Å². The Morgan fingerprint density at radius 2 is 1.72 bits per heavy atom. The lowest BCUT2D eigenvalue weighted by Crippen LogP contribution is -2.51. The van der Waals surface area contributed by atoms with Crippen molar-refractivity contribution >= 4 is 7.32 Å². The molecule has 0 aromatic carbocycles. The van der Waals surface area contributed by atoms with Gasteiger partial charge in [-0.05, 0) is 118 Å². The van der Waals surface area contributed by atoms with E-state index in [4.69, 9.17) is 14.0 Å². The van der Waals surface area contributed by atoms with Gasteiger partial charge in [0, 0.05) is 18.3 Å². The molecule has 2 unspecified atom stereocenters. The van der Waals surface area contributed by atoms with Gasteiger partial charge in [-0.15, -0.1) is 0 Å². The van der Waals surface area contributed by atoms with Crippen molar-refractivity contribution in [2.75, 3.05) is 0 Å². The smallest absolute Gasteiger partial charge is 0.383 e. The topological polar surface area (TPSA) is 27.7 Å². The molecule has 0 aromatic rings. The second-order valence-electron chi connectivity index (χ2n) is 14.7.